The van der Waals surface area contributed by atoms with Crippen LogP contribution >= 0.6 is 0 Å². The third kappa shape index (κ3) is 7.56. The number of aliphatic hydroxyl groups excluding tert-OH is 2. The van der Waals surface area contributed by atoms with E-state index in [0.29, 0.717) is 17.7 Å². The van der Waals surface area contributed by atoms with Gasteiger partial charge in [-0.3, -0.25) is 5.32 Å². The zero-order valence-electron chi connectivity index (χ0n) is 17.1. The second-order valence-electron chi connectivity index (χ2n) is 7.55. The topological polar surface area (TPSA) is 105 Å². The molecule has 0 saturated heterocycles. The molecule has 0 aromatic heterocycles. The zero-order chi connectivity index (χ0) is 22.5. The smallest absolute Gasteiger partial charge is 0.471 e. The average molecular weight is 433 g/mol. The van der Waals surface area contributed by atoms with E-state index in [2.05, 4.69) is 20.3 Å². The standard InChI is InChI=1S/C19H26F3N3O5/c1-5-13(23-17(27)30-18(2,3)4)15(26)16-25-24-14(10-28-16)11-6-8-12(9-7-11)29-19(20,21)22/h6-9,13,15,17,23,26-27H,5,10H2,1-4H3/t13-,15?,17?/m0/s1. The van der Waals surface area contributed by atoms with Gasteiger partial charge in [-0.25, -0.2) is 0 Å². The van der Waals surface area contributed by atoms with E-state index >= 15 is 0 Å². The van der Waals surface area contributed by atoms with Crippen molar-refractivity contribution in [2.75, 3.05) is 6.61 Å². The number of hydrogen-bond donors (Lipinski definition) is 3. The van der Waals surface area contributed by atoms with Gasteiger partial charge < -0.3 is 24.4 Å². The van der Waals surface area contributed by atoms with Crippen molar-refractivity contribution in [2.45, 2.75) is 64.6 Å². The molecule has 2 rings (SSSR count). The number of nitrogens with zero attached hydrogens (tertiary/aromatic N) is 2. The molecule has 1 aromatic carbocycles. The van der Waals surface area contributed by atoms with Crippen molar-refractivity contribution in [1.29, 1.82) is 0 Å². The molecule has 1 aliphatic rings. The summed E-state index contributed by atoms with van der Waals surface area (Å²) < 4.78 is 51.4. The second kappa shape index (κ2) is 9.73. The van der Waals surface area contributed by atoms with Crippen LogP contribution in [0.3, 0.4) is 0 Å². The first-order valence-electron chi connectivity index (χ1n) is 9.31. The van der Waals surface area contributed by atoms with Gasteiger partial charge in [0.05, 0.1) is 5.60 Å². The number of aliphatic hydroxyl groups is 2. The quantitative estimate of drug-likeness (QED) is 0.545. The van der Waals surface area contributed by atoms with Crippen molar-refractivity contribution in [3.05, 3.63) is 29.8 Å². The van der Waals surface area contributed by atoms with E-state index in [4.69, 9.17) is 9.47 Å². The van der Waals surface area contributed by atoms with Gasteiger partial charge in [0.2, 0.25) is 12.3 Å². The molecule has 3 N–H and O–H groups in total. The molecule has 11 heteroatoms. The highest BCUT2D eigenvalue weighted by atomic mass is 19.4. The van der Waals surface area contributed by atoms with Gasteiger partial charge in [-0.05, 0) is 51.5 Å². The summed E-state index contributed by atoms with van der Waals surface area (Å²) in [6, 6.07) is 4.50. The highest BCUT2D eigenvalue weighted by molar-refractivity contribution is 6.04. The maximum atomic E-state index is 12.2. The van der Waals surface area contributed by atoms with Crippen molar-refractivity contribution < 1.29 is 37.6 Å². The first-order valence-corrected chi connectivity index (χ1v) is 9.31. The number of nitrogens with one attached hydrogen (secondary N) is 1. The Morgan fingerprint density at radius 2 is 1.77 bits per heavy atom. The van der Waals surface area contributed by atoms with E-state index in [1.54, 1.807) is 27.7 Å². The van der Waals surface area contributed by atoms with E-state index in [9.17, 15) is 23.4 Å². The molecule has 1 aromatic rings. The molecular formula is C19H26F3N3O5. The number of benzene rings is 1. The van der Waals surface area contributed by atoms with E-state index in [0.717, 1.165) is 12.1 Å². The molecule has 8 nitrogen and oxygen atoms in total. The minimum absolute atomic E-state index is 0.0349. The fraction of sp³-hybridized carbons (Fsp3) is 0.579. The van der Waals surface area contributed by atoms with Gasteiger partial charge >= 0.3 is 6.36 Å². The Morgan fingerprint density at radius 1 is 1.13 bits per heavy atom. The summed E-state index contributed by atoms with van der Waals surface area (Å²) in [4.78, 5) is 0. The average Bonchev–Trinajstić information content (AvgIpc) is 2.63. The highest BCUT2D eigenvalue weighted by Gasteiger charge is 2.31. The van der Waals surface area contributed by atoms with Gasteiger partial charge in [0, 0.05) is 11.6 Å². The van der Waals surface area contributed by atoms with Crippen LogP contribution in [-0.4, -0.2) is 59.0 Å². The van der Waals surface area contributed by atoms with Gasteiger partial charge in [0.15, 0.2) is 0 Å². The van der Waals surface area contributed by atoms with Crippen LogP contribution in [0.4, 0.5) is 13.2 Å². The molecule has 1 heterocycles. The molecule has 0 fully saturated rings. The van der Waals surface area contributed by atoms with Crippen molar-refractivity contribution in [3.63, 3.8) is 0 Å². The number of ether oxygens (including phenoxy) is 3. The molecule has 2 unspecified atom stereocenters. The second-order valence-corrected chi connectivity index (χ2v) is 7.55. The molecule has 1 aliphatic heterocycles. The van der Waals surface area contributed by atoms with Crippen LogP contribution in [0.2, 0.25) is 0 Å². The lowest BCUT2D eigenvalue weighted by atomic mass is 10.1. The Labute approximate surface area is 172 Å². The first kappa shape index (κ1) is 24.1. The number of hydrogen-bond acceptors (Lipinski definition) is 8. The first-order chi connectivity index (χ1) is 13.9. The van der Waals surface area contributed by atoms with Gasteiger partial charge in [-0.2, -0.15) is 0 Å². The largest absolute Gasteiger partial charge is 0.573 e. The fourth-order valence-electron chi connectivity index (χ4n) is 2.60. The van der Waals surface area contributed by atoms with E-state index in [-0.39, 0.29) is 18.3 Å². The number of halogens is 3. The van der Waals surface area contributed by atoms with Gasteiger partial charge in [-0.15, -0.1) is 23.4 Å². The predicted octanol–water partition coefficient (Wildman–Crippen LogP) is 2.54. The van der Waals surface area contributed by atoms with Crippen LogP contribution < -0.4 is 10.1 Å². The monoisotopic (exact) mass is 433 g/mol. The van der Waals surface area contributed by atoms with Crippen molar-refractivity contribution in [2.24, 2.45) is 10.2 Å². The lowest BCUT2D eigenvalue weighted by molar-refractivity contribution is -0.274. The third-order valence-electron chi connectivity index (χ3n) is 3.94. The summed E-state index contributed by atoms with van der Waals surface area (Å²) in [5.74, 6) is -0.394. The van der Waals surface area contributed by atoms with Crippen LogP contribution in [0, 0.1) is 0 Å². The predicted molar refractivity (Wildman–Crippen MR) is 103 cm³/mol. The van der Waals surface area contributed by atoms with Crippen LogP contribution in [-0.2, 0) is 9.47 Å². The molecule has 30 heavy (non-hydrogen) atoms. The minimum Gasteiger partial charge on any atom is -0.471 e. The van der Waals surface area contributed by atoms with Crippen LogP contribution in [0.1, 0.15) is 39.7 Å². The molecule has 0 amide bonds. The molecule has 0 spiro atoms. The lowest BCUT2D eigenvalue weighted by Crippen LogP contribution is -2.51. The number of rotatable bonds is 8. The summed E-state index contributed by atoms with van der Waals surface area (Å²) in [5.41, 5.74) is 0.289. The summed E-state index contributed by atoms with van der Waals surface area (Å²) >= 11 is 0. The molecule has 168 valence electrons. The zero-order valence-corrected chi connectivity index (χ0v) is 17.1. The number of alkyl halides is 3. The highest BCUT2D eigenvalue weighted by Crippen LogP contribution is 2.23. The van der Waals surface area contributed by atoms with Gasteiger partial charge in [0.25, 0.3) is 0 Å². The fourth-order valence-corrected chi connectivity index (χ4v) is 2.60. The SMILES string of the molecule is CC[C@H](NC(O)OC(C)(C)C)C(O)C1=NN=C(c2ccc(OC(F)(F)F)cc2)CO1. The Kier molecular flexibility index (Phi) is 7.81. The molecule has 0 bridgehead atoms. The molecule has 0 aliphatic carbocycles. The third-order valence-corrected chi connectivity index (χ3v) is 3.94. The van der Waals surface area contributed by atoms with Crippen molar-refractivity contribution in [3.8, 4) is 5.75 Å². The van der Waals surface area contributed by atoms with Gasteiger partial charge in [0.1, 0.15) is 24.2 Å². The summed E-state index contributed by atoms with van der Waals surface area (Å²) in [6.07, 6.45) is -6.82. The van der Waals surface area contributed by atoms with E-state index < -0.39 is 30.5 Å². The van der Waals surface area contributed by atoms with E-state index in [1.165, 1.54) is 12.1 Å². The summed E-state index contributed by atoms with van der Waals surface area (Å²) in [6.45, 7) is 7.10. The Bertz CT molecular complexity index is 760. The summed E-state index contributed by atoms with van der Waals surface area (Å²) in [5, 5.41) is 31.1. The van der Waals surface area contributed by atoms with Crippen molar-refractivity contribution >= 4 is 11.6 Å². The minimum atomic E-state index is -4.77. The molecule has 3 atom stereocenters. The Morgan fingerprint density at radius 3 is 2.23 bits per heavy atom. The maximum absolute atomic E-state index is 12.2. The molecule has 0 radical (unpaired) electrons. The van der Waals surface area contributed by atoms with Gasteiger partial charge in [-0.1, -0.05) is 6.92 Å². The van der Waals surface area contributed by atoms with Crippen LogP contribution in [0.25, 0.3) is 0 Å². The van der Waals surface area contributed by atoms with E-state index in [1.807, 2.05) is 0 Å². The van der Waals surface area contributed by atoms with Crippen LogP contribution in [0.5, 0.6) is 5.75 Å². The Balaban J connectivity index is 2.03. The molecular weight excluding hydrogens is 407 g/mol. The molecule has 0 saturated carbocycles. The Hall–Kier alpha value is -2.21. The lowest BCUT2D eigenvalue weighted by Gasteiger charge is -2.30. The normalized spacial score (nSPS) is 18.0. The maximum Gasteiger partial charge on any atom is 0.573 e. The van der Waals surface area contributed by atoms with Crippen LogP contribution in [0.15, 0.2) is 34.5 Å². The van der Waals surface area contributed by atoms with Crippen molar-refractivity contribution in [1.82, 2.24) is 5.32 Å². The summed E-state index contributed by atoms with van der Waals surface area (Å²) in [7, 11) is 0.